The van der Waals surface area contributed by atoms with Gasteiger partial charge in [-0.05, 0) is 80.7 Å². The van der Waals surface area contributed by atoms with Crippen molar-refractivity contribution in [2.24, 2.45) is 0 Å². The maximum atomic E-state index is 14.2. The Morgan fingerprint density at radius 2 is 1.61 bits per heavy atom. The minimum absolute atomic E-state index is 0.0166. The molecule has 0 radical (unpaired) electrons. The van der Waals surface area contributed by atoms with Gasteiger partial charge in [-0.25, -0.2) is 9.59 Å². The molecule has 3 aromatic rings. The van der Waals surface area contributed by atoms with Gasteiger partial charge in [0, 0.05) is 77.1 Å². The summed E-state index contributed by atoms with van der Waals surface area (Å²) in [7, 11) is 3.36. The zero-order valence-corrected chi connectivity index (χ0v) is 30.1. The number of H-pyrrole nitrogens is 1. The van der Waals surface area contributed by atoms with Crippen LogP contribution in [0.3, 0.4) is 0 Å². The van der Waals surface area contributed by atoms with Crippen LogP contribution in [0.4, 0.5) is 15.3 Å². The van der Waals surface area contributed by atoms with Crippen LogP contribution < -0.4 is 10.1 Å². The lowest BCUT2D eigenvalue weighted by atomic mass is 9.97. The fourth-order valence-corrected chi connectivity index (χ4v) is 8.37. The summed E-state index contributed by atoms with van der Waals surface area (Å²) in [6.45, 7) is 6.80. The van der Waals surface area contributed by atoms with Crippen molar-refractivity contribution in [3.8, 4) is 6.01 Å². The van der Waals surface area contributed by atoms with Gasteiger partial charge in [-0.15, -0.1) is 0 Å². The minimum Gasteiger partial charge on any atom is -0.468 e. The van der Waals surface area contributed by atoms with Crippen LogP contribution in [-0.4, -0.2) is 132 Å². The monoisotopic (exact) mass is 701 g/mol. The lowest BCUT2D eigenvalue weighted by molar-refractivity contribution is -0.142. The second kappa shape index (κ2) is 15.5. The Morgan fingerprint density at radius 1 is 0.902 bits per heavy atom. The van der Waals surface area contributed by atoms with E-state index >= 15 is 0 Å². The van der Waals surface area contributed by atoms with E-state index in [4.69, 9.17) is 14.2 Å². The largest absolute Gasteiger partial charge is 0.468 e. The molecule has 0 aliphatic carbocycles. The zero-order valence-electron chi connectivity index (χ0n) is 30.1. The summed E-state index contributed by atoms with van der Waals surface area (Å²) >= 11 is 0. The van der Waals surface area contributed by atoms with Gasteiger partial charge >= 0.3 is 12.1 Å². The molecule has 5 heterocycles. The van der Waals surface area contributed by atoms with E-state index in [2.05, 4.69) is 26.3 Å². The Bertz CT molecular complexity index is 1710. The van der Waals surface area contributed by atoms with E-state index < -0.39 is 12.2 Å². The van der Waals surface area contributed by atoms with E-state index in [1.807, 2.05) is 47.1 Å². The molecule has 7 rings (SSSR count). The summed E-state index contributed by atoms with van der Waals surface area (Å²) < 4.78 is 17.0. The van der Waals surface area contributed by atoms with Crippen LogP contribution in [0.15, 0.2) is 36.4 Å². The molecule has 2 N–H and O–H groups in total. The fourth-order valence-electron chi connectivity index (χ4n) is 8.37. The molecule has 0 unspecified atom stereocenters. The van der Waals surface area contributed by atoms with Gasteiger partial charge in [-0.1, -0.05) is 24.3 Å². The number of aryl methyl sites for hydroxylation is 1. The topological polar surface area (TPSA) is 133 Å². The number of nitrogens with one attached hydrogen (secondary N) is 2. The number of aromatic amines is 1. The molecule has 1 aromatic heterocycles. The first-order valence-corrected chi connectivity index (χ1v) is 18.5. The SMILES string of the molecule is COc1nc2cc(C[C@@H](OC(=O)N3CCC(N4CCc5ccccc5NC4=O)CC3)C(=O)N3CCC(N4CCC(OC)CC4)CC3)cc(C)c2[nH]1. The van der Waals surface area contributed by atoms with Gasteiger partial charge in [0.2, 0.25) is 0 Å². The molecule has 3 saturated heterocycles. The zero-order chi connectivity index (χ0) is 35.5. The van der Waals surface area contributed by atoms with E-state index in [0.717, 1.165) is 78.6 Å². The van der Waals surface area contributed by atoms with Gasteiger partial charge in [0.15, 0.2) is 6.10 Å². The number of aromatic nitrogens is 2. The Morgan fingerprint density at radius 3 is 2.33 bits per heavy atom. The number of carbonyl (C=O) groups is 3. The second-order valence-electron chi connectivity index (χ2n) is 14.4. The second-order valence-corrected chi connectivity index (χ2v) is 14.4. The normalized spacial score (nSPS) is 20.5. The molecule has 0 spiro atoms. The lowest BCUT2D eigenvalue weighted by Crippen LogP contribution is -2.53. The average molecular weight is 702 g/mol. The van der Waals surface area contributed by atoms with Crippen LogP contribution >= 0.6 is 0 Å². The van der Waals surface area contributed by atoms with Gasteiger partial charge in [0.1, 0.15) is 0 Å². The Kier molecular flexibility index (Phi) is 10.6. The number of urea groups is 1. The number of ether oxygens (including phenoxy) is 3. The molecule has 2 aromatic carbocycles. The van der Waals surface area contributed by atoms with Crippen molar-refractivity contribution in [3.05, 3.63) is 53.1 Å². The molecule has 0 bridgehead atoms. The molecular weight excluding hydrogens is 650 g/mol. The standard InChI is InChI=1S/C38H51N7O6/c1-25-22-26(23-32-34(25)41-36(39-32)50-3)24-33(35(46)43-15-9-28(10-16-43)42-19-13-30(49-2)14-20-42)51-38(48)44-17-11-29(12-18-44)45-21-8-27-6-4-5-7-31(27)40-37(45)47/h4-7,22-23,28-30,33H,8-21,24H2,1-3H3,(H,39,41)(H,40,47)/t33-/m1/s1. The molecule has 4 amide bonds. The van der Waals surface area contributed by atoms with Crippen molar-refractivity contribution >= 4 is 34.8 Å². The van der Waals surface area contributed by atoms with E-state index in [0.29, 0.717) is 63.7 Å². The summed E-state index contributed by atoms with van der Waals surface area (Å²) in [4.78, 5) is 56.8. The Balaban J connectivity index is 1.01. The highest BCUT2D eigenvalue weighted by atomic mass is 16.6. The summed E-state index contributed by atoms with van der Waals surface area (Å²) in [6, 6.07) is 12.6. The molecule has 13 nitrogen and oxygen atoms in total. The predicted octanol–water partition coefficient (Wildman–Crippen LogP) is 4.58. The first kappa shape index (κ1) is 35.1. The summed E-state index contributed by atoms with van der Waals surface area (Å²) in [5.41, 5.74) is 5.43. The molecule has 0 saturated carbocycles. The van der Waals surface area contributed by atoms with Gasteiger partial charge < -0.3 is 44.1 Å². The third kappa shape index (κ3) is 7.79. The van der Waals surface area contributed by atoms with Crippen LogP contribution in [0.25, 0.3) is 11.0 Å². The number of piperidine rings is 3. The van der Waals surface area contributed by atoms with Gasteiger partial charge in [-0.2, -0.15) is 4.98 Å². The Labute approximate surface area is 299 Å². The summed E-state index contributed by atoms with van der Waals surface area (Å²) in [6.07, 6.45) is 5.04. The number of amides is 4. The molecule has 13 heteroatoms. The van der Waals surface area contributed by atoms with Gasteiger partial charge in [0.05, 0.1) is 24.2 Å². The fraction of sp³-hybridized carbons (Fsp3) is 0.579. The first-order valence-electron chi connectivity index (χ1n) is 18.5. The van der Waals surface area contributed by atoms with Crippen molar-refractivity contribution in [1.29, 1.82) is 0 Å². The minimum atomic E-state index is -0.975. The van der Waals surface area contributed by atoms with Crippen LogP contribution in [-0.2, 0) is 27.1 Å². The number of para-hydroxylation sites is 1. The van der Waals surface area contributed by atoms with Crippen LogP contribution in [0.2, 0.25) is 0 Å². The molecule has 3 fully saturated rings. The van der Waals surface area contributed by atoms with E-state index in [9.17, 15) is 14.4 Å². The summed E-state index contributed by atoms with van der Waals surface area (Å²) in [5.74, 6) is -0.159. The van der Waals surface area contributed by atoms with Gasteiger partial charge in [0.25, 0.3) is 11.9 Å². The number of nitrogens with zero attached hydrogens (tertiary/aromatic N) is 5. The third-order valence-electron chi connectivity index (χ3n) is 11.4. The molecule has 51 heavy (non-hydrogen) atoms. The van der Waals surface area contributed by atoms with Crippen molar-refractivity contribution in [2.75, 3.05) is 65.3 Å². The van der Waals surface area contributed by atoms with Crippen LogP contribution in [0.5, 0.6) is 6.01 Å². The van der Waals surface area contributed by atoms with Crippen LogP contribution in [0.1, 0.15) is 55.2 Å². The number of anilines is 1. The number of likely N-dealkylation sites (tertiary alicyclic amines) is 3. The first-order chi connectivity index (χ1) is 24.8. The smallest absolute Gasteiger partial charge is 0.410 e. The quantitative estimate of drug-likeness (QED) is 0.349. The highest BCUT2D eigenvalue weighted by Gasteiger charge is 2.37. The van der Waals surface area contributed by atoms with E-state index in [-0.39, 0.29) is 24.4 Å². The number of benzene rings is 2. The van der Waals surface area contributed by atoms with E-state index in [1.54, 1.807) is 19.1 Å². The number of methoxy groups -OCH3 is 2. The van der Waals surface area contributed by atoms with E-state index in [1.165, 1.54) is 0 Å². The molecule has 4 aliphatic heterocycles. The highest BCUT2D eigenvalue weighted by molar-refractivity contribution is 5.91. The van der Waals surface area contributed by atoms with Crippen LogP contribution in [0, 0.1) is 6.92 Å². The molecule has 274 valence electrons. The van der Waals surface area contributed by atoms with Gasteiger partial charge in [-0.3, -0.25) is 4.79 Å². The molecule has 4 aliphatic rings. The molecular formula is C38H51N7O6. The molecule has 1 atom stereocenters. The highest BCUT2D eigenvalue weighted by Crippen LogP contribution is 2.28. The maximum absolute atomic E-state index is 14.2. The number of hydrogen-bond donors (Lipinski definition) is 2. The number of hydrogen-bond acceptors (Lipinski definition) is 8. The lowest BCUT2D eigenvalue weighted by Gasteiger charge is -2.42. The number of carbonyl (C=O) groups excluding carboxylic acids is 3. The maximum Gasteiger partial charge on any atom is 0.410 e. The van der Waals surface area contributed by atoms with Crippen molar-refractivity contribution < 1.29 is 28.6 Å². The number of imidazole rings is 1. The predicted molar refractivity (Wildman–Crippen MR) is 193 cm³/mol. The van der Waals surface area contributed by atoms with Crippen molar-refractivity contribution in [2.45, 2.75) is 82.6 Å². The van der Waals surface area contributed by atoms with Crippen molar-refractivity contribution in [3.63, 3.8) is 0 Å². The average Bonchev–Trinajstić information content (AvgIpc) is 3.51. The Hall–Kier alpha value is -4.36. The summed E-state index contributed by atoms with van der Waals surface area (Å²) in [5, 5.41) is 3.06. The van der Waals surface area contributed by atoms with Crippen molar-refractivity contribution in [1.82, 2.24) is 29.6 Å². The number of rotatable bonds is 8. The number of fused-ring (bicyclic) bond motifs is 2. The third-order valence-corrected chi connectivity index (χ3v) is 11.4.